The second-order valence-electron chi connectivity index (χ2n) is 5.67. The summed E-state index contributed by atoms with van der Waals surface area (Å²) >= 11 is 0. The van der Waals surface area contributed by atoms with Crippen molar-refractivity contribution in [1.82, 2.24) is 0 Å². The van der Waals surface area contributed by atoms with Gasteiger partial charge in [0.15, 0.2) is 0 Å². The van der Waals surface area contributed by atoms with Crippen molar-refractivity contribution in [1.29, 1.82) is 0 Å². The van der Waals surface area contributed by atoms with Gasteiger partial charge in [-0.25, -0.2) is 0 Å². The molecule has 1 unspecified atom stereocenters. The molecule has 0 spiro atoms. The molecule has 0 aromatic heterocycles. The van der Waals surface area contributed by atoms with Crippen LogP contribution < -0.4 is 0 Å². The predicted octanol–water partition coefficient (Wildman–Crippen LogP) is 5.35. The third-order valence-electron chi connectivity index (χ3n) is 3.77. The van der Waals surface area contributed by atoms with Crippen molar-refractivity contribution < 1.29 is 21.7 Å². The van der Waals surface area contributed by atoms with E-state index in [-0.39, 0.29) is 21.7 Å². The normalized spacial score (nSPS) is 16.0. The van der Waals surface area contributed by atoms with Crippen molar-refractivity contribution in [3.8, 4) is 0 Å². The molecule has 0 radical (unpaired) electrons. The van der Waals surface area contributed by atoms with E-state index in [4.69, 9.17) is 0 Å². The Balaban J connectivity index is 0.000000526. The van der Waals surface area contributed by atoms with Crippen LogP contribution >= 0.6 is 0 Å². The van der Waals surface area contributed by atoms with Crippen LogP contribution in [0.5, 0.6) is 0 Å². The van der Waals surface area contributed by atoms with E-state index < -0.39 is 8.80 Å². The quantitative estimate of drug-likeness (QED) is 0.509. The molecule has 0 heterocycles. The number of rotatable bonds is 2. The molecule has 2 heteroatoms. The summed E-state index contributed by atoms with van der Waals surface area (Å²) in [7, 11) is -0.614. The van der Waals surface area contributed by atoms with Crippen molar-refractivity contribution in [2.45, 2.75) is 39.4 Å². The zero-order valence-corrected chi connectivity index (χ0v) is 16.2. The summed E-state index contributed by atoms with van der Waals surface area (Å²) in [6.45, 7) is 18.4. The van der Waals surface area contributed by atoms with Gasteiger partial charge in [0, 0.05) is 30.5 Å². The van der Waals surface area contributed by atoms with Crippen molar-refractivity contribution >= 4 is 14.4 Å². The van der Waals surface area contributed by atoms with E-state index in [1.165, 1.54) is 11.1 Å². The third-order valence-corrected chi connectivity index (χ3v) is 5.97. The van der Waals surface area contributed by atoms with E-state index >= 15 is 0 Å². The molecule has 1 aliphatic carbocycles. The number of hydrogen-bond acceptors (Lipinski definition) is 0. The van der Waals surface area contributed by atoms with Crippen LogP contribution in [-0.2, 0) is 21.7 Å². The topological polar surface area (TPSA) is 0 Å². The van der Waals surface area contributed by atoms with E-state index in [1.807, 2.05) is 6.92 Å². The van der Waals surface area contributed by atoms with Gasteiger partial charge in [-0.05, 0) is 43.0 Å². The second kappa shape index (κ2) is 8.61. The van der Waals surface area contributed by atoms with Crippen LogP contribution in [0.3, 0.4) is 0 Å². The molecule has 0 N–H and O–H groups in total. The van der Waals surface area contributed by atoms with E-state index in [0.717, 1.165) is 11.1 Å². The van der Waals surface area contributed by atoms with Crippen molar-refractivity contribution in [3.63, 3.8) is 0 Å². The van der Waals surface area contributed by atoms with E-state index in [0.29, 0.717) is 0 Å². The van der Waals surface area contributed by atoms with Gasteiger partial charge in [0.2, 0.25) is 0 Å². The van der Waals surface area contributed by atoms with Gasteiger partial charge >= 0.3 is 0 Å². The average molecular weight is 318 g/mol. The van der Waals surface area contributed by atoms with Crippen LogP contribution in [0.2, 0.25) is 13.1 Å². The average Bonchev–Trinajstić information content (AvgIpc) is 2.63. The summed E-state index contributed by atoms with van der Waals surface area (Å²) in [5.74, 6) is 0. The zero-order valence-electron chi connectivity index (χ0n) is 13.5. The second-order valence-corrected chi connectivity index (χ2v) is 8.82. The van der Waals surface area contributed by atoms with Gasteiger partial charge in [-0.15, -0.1) is 0 Å². The zero-order chi connectivity index (χ0) is 14.6. The van der Waals surface area contributed by atoms with E-state index in [9.17, 15) is 0 Å². The van der Waals surface area contributed by atoms with Crippen LogP contribution in [0, 0.1) is 0 Å². The molecule has 1 atom stereocenters. The fourth-order valence-corrected chi connectivity index (χ4v) is 4.91. The van der Waals surface area contributed by atoms with Crippen molar-refractivity contribution in [2.24, 2.45) is 0 Å². The van der Waals surface area contributed by atoms with E-state index in [1.54, 1.807) is 17.2 Å². The molecule has 0 saturated carbocycles. The smallest absolute Gasteiger partial charge is 0.0439 e. The first-order chi connectivity index (χ1) is 8.90. The van der Waals surface area contributed by atoms with Crippen molar-refractivity contribution in [2.75, 3.05) is 0 Å². The molecule has 106 valence electrons. The molecule has 0 aliphatic heterocycles. The van der Waals surface area contributed by atoms with Gasteiger partial charge in [-0.1, -0.05) is 67.7 Å². The number of fused-ring (bicyclic) bond motifs is 1. The minimum Gasteiger partial charge on any atom is -0.0988 e. The minimum absolute atomic E-state index is 0. The fraction of sp³-hybridized carbons (Fsp3) is 0.333. The molecule has 0 nitrogen and oxygen atoms in total. The Morgan fingerprint density at radius 3 is 2.15 bits per heavy atom. The molecule has 0 bridgehead atoms. The summed E-state index contributed by atoms with van der Waals surface area (Å²) in [4.78, 5) is 0. The number of allylic oxidation sites excluding steroid dienone is 4. The molecule has 2 rings (SSSR count). The fourth-order valence-electron chi connectivity index (χ4n) is 2.65. The van der Waals surface area contributed by atoms with Gasteiger partial charge in [0.1, 0.15) is 0 Å². The number of benzene rings is 1. The number of hydrogen-bond donors (Lipinski definition) is 0. The van der Waals surface area contributed by atoms with Crippen LogP contribution in [0.1, 0.15) is 37.4 Å². The molecule has 0 fully saturated rings. The maximum absolute atomic E-state index is 3.56. The van der Waals surface area contributed by atoms with Crippen LogP contribution in [0.25, 0.3) is 5.57 Å². The maximum atomic E-state index is 3.56. The monoisotopic (exact) mass is 318 g/mol. The van der Waals surface area contributed by atoms with Crippen LogP contribution in [0.4, 0.5) is 0 Å². The van der Waals surface area contributed by atoms with E-state index in [2.05, 4.69) is 64.4 Å². The predicted molar refractivity (Wildman–Crippen MR) is 91.3 cm³/mol. The van der Waals surface area contributed by atoms with Gasteiger partial charge in [0.25, 0.3) is 0 Å². The molecule has 20 heavy (non-hydrogen) atoms. The largest absolute Gasteiger partial charge is 0.0988 e. The molecular formula is C18H26SiTi. The van der Waals surface area contributed by atoms with Gasteiger partial charge in [-0.3, -0.25) is 0 Å². The van der Waals surface area contributed by atoms with Crippen LogP contribution in [-0.4, -0.2) is 8.80 Å². The minimum atomic E-state index is -0.614. The molecule has 0 saturated heterocycles. The maximum Gasteiger partial charge on any atom is 0.0439 e. The van der Waals surface area contributed by atoms with Gasteiger partial charge in [-0.2, -0.15) is 0 Å². The summed E-state index contributed by atoms with van der Waals surface area (Å²) in [6.07, 6.45) is 1.72. The molecule has 1 aliphatic rings. The summed E-state index contributed by atoms with van der Waals surface area (Å²) < 4.78 is 0. The summed E-state index contributed by atoms with van der Waals surface area (Å²) in [5, 5.41) is 0. The summed E-state index contributed by atoms with van der Waals surface area (Å²) in [5.41, 5.74) is 8.02. The molecule has 1 aromatic carbocycles. The van der Waals surface area contributed by atoms with Crippen LogP contribution in [0.15, 0.2) is 54.6 Å². The first-order valence-corrected chi connectivity index (χ1v) is 9.92. The van der Waals surface area contributed by atoms with Gasteiger partial charge < -0.3 is 0 Å². The Morgan fingerprint density at radius 1 is 1.20 bits per heavy atom. The van der Waals surface area contributed by atoms with Crippen molar-refractivity contribution in [3.05, 3.63) is 65.8 Å². The third kappa shape index (κ3) is 4.44. The SMILES string of the molecule is C=CC(=C)C.CC1=C(C)C([SiH](C)C)c2ccccc21.[Ti]. The standard InChI is InChI=1S/C13H18Si.C5H8.Ti/c1-9-10(2)13(14(3)4)12-8-6-5-7-11(9)12;1-4-5(2)3;/h5-8,13-14H,1-4H3;4H,1-2H2,3H3;. The Labute approximate surface area is 141 Å². The molecule has 1 aromatic rings. The Morgan fingerprint density at radius 2 is 1.70 bits per heavy atom. The Hall–Kier alpha value is -0.629. The molecule has 0 amide bonds. The Kier molecular flexibility index (Phi) is 8.34. The first-order valence-electron chi connectivity index (χ1n) is 6.94. The first kappa shape index (κ1) is 19.4. The molecular weight excluding hydrogens is 292 g/mol. The Bertz CT molecular complexity index is 512. The van der Waals surface area contributed by atoms with Gasteiger partial charge in [0.05, 0.1) is 0 Å². The summed E-state index contributed by atoms with van der Waals surface area (Å²) in [6, 6.07) is 8.91.